The fourth-order valence-electron chi connectivity index (χ4n) is 1.33. The quantitative estimate of drug-likeness (QED) is 0.751. The molecule has 1 heteroatoms. The second-order valence-electron chi connectivity index (χ2n) is 3.90. The van der Waals surface area contributed by atoms with Gasteiger partial charge in [-0.15, -0.1) is 0 Å². The first-order valence-electron chi connectivity index (χ1n) is 4.93. The first-order chi connectivity index (χ1) is 6.20. The molecule has 0 saturated carbocycles. The maximum atomic E-state index is 9.77. The van der Waals surface area contributed by atoms with E-state index in [9.17, 15) is 5.11 Å². The minimum absolute atomic E-state index is 0.288. The van der Waals surface area contributed by atoms with Gasteiger partial charge in [-0.1, -0.05) is 44.2 Å². The van der Waals surface area contributed by atoms with E-state index >= 15 is 0 Å². The van der Waals surface area contributed by atoms with Gasteiger partial charge in [-0.3, -0.25) is 0 Å². The maximum absolute atomic E-state index is 9.77. The molecule has 0 aliphatic rings. The average molecular weight is 178 g/mol. The smallest absolute Gasteiger partial charge is 0.0790 e. The van der Waals surface area contributed by atoms with E-state index in [1.807, 2.05) is 30.3 Å². The number of hydrogen-bond donors (Lipinski definition) is 1. The van der Waals surface area contributed by atoms with Crippen molar-refractivity contribution in [3.05, 3.63) is 35.9 Å². The largest absolute Gasteiger partial charge is 0.388 e. The molecule has 0 radical (unpaired) electrons. The van der Waals surface area contributed by atoms with Gasteiger partial charge in [-0.25, -0.2) is 0 Å². The van der Waals surface area contributed by atoms with Gasteiger partial charge in [0, 0.05) is 0 Å². The molecule has 0 saturated heterocycles. The highest BCUT2D eigenvalue weighted by Crippen LogP contribution is 2.19. The van der Waals surface area contributed by atoms with E-state index in [0.717, 1.165) is 18.4 Å². The van der Waals surface area contributed by atoms with Gasteiger partial charge >= 0.3 is 0 Å². The highest BCUT2D eigenvalue weighted by atomic mass is 16.3. The Bertz CT molecular complexity index is 228. The van der Waals surface area contributed by atoms with Crippen LogP contribution in [-0.2, 0) is 0 Å². The molecule has 72 valence electrons. The Balaban J connectivity index is 2.44. The third kappa shape index (κ3) is 3.60. The highest BCUT2D eigenvalue weighted by molar-refractivity contribution is 5.16. The van der Waals surface area contributed by atoms with Crippen molar-refractivity contribution in [2.24, 2.45) is 5.92 Å². The van der Waals surface area contributed by atoms with Crippen LogP contribution in [-0.4, -0.2) is 5.11 Å². The van der Waals surface area contributed by atoms with Gasteiger partial charge < -0.3 is 5.11 Å². The van der Waals surface area contributed by atoms with E-state index in [-0.39, 0.29) is 6.10 Å². The summed E-state index contributed by atoms with van der Waals surface area (Å²) in [6.45, 7) is 4.36. The van der Waals surface area contributed by atoms with Gasteiger partial charge in [0.2, 0.25) is 0 Å². The normalized spacial score (nSPS) is 13.2. The monoisotopic (exact) mass is 178 g/mol. The number of benzene rings is 1. The van der Waals surface area contributed by atoms with E-state index < -0.39 is 0 Å². The molecule has 1 nitrogen and oxygen atoms in total. The lowest BCUT2D eigenvalue weighted by molar-refractivity contribution is 0.159. The van der Waals surface area contributed by atoms with Crippen molar-refractivity contribution in [1.82, 2.24) is 0 Å². The van der Waals surface area contributed by atoms with Crippen molar-refractivity contribution in [3.8, 4) is 0 Å². The van der Waals surface area contributed by atoms with Crippen LogP contribution in [0.5, 0.6) is 0 Å². The number of hydrogen-bond acceptors (Lipinski definition) is 1. The maximum Gasteiger partial charge on any atom is 0.0790 e. The standard InChI is InChI=1S/C12H18O/c1-10(2)8-9-12(13)11-6-4-3-5-7-11/h3-7,10,12-13H,8-9H2,1-2H3. The van der Waals surface area contributed by atoms with E-state index in [1.54, 1.807) is 0 Å². The van der Waals surface area contributed by atoms with Gasteiger partial charge in [0.25, 0.3) is 0 Å². The van der Waals surface area contributed by atoms with E-state index in [1.165, 1.54) is 0 Å². The second-order valence-corrected chi connectivity index (χ2v) is 3.90. The lowest BCUT2D eigenvalue weighted by atomic mass is 10.0. The van der Waals surface area contributed by atoms with Crippen LogP contribution in [0.4, 0.5) is 0 Å². The van der Waals surface area contributed by atoms with Crippen molar-refractivity contribution in [1.29, 1.82) is 0 Å². The summed E-state index contributed by atoms with van der Waals surface area (Å²) >= 11 is 0. The third-order valence-electron chi connectivity index (χ3n) is 2.20. The van der Waals surface area contributed by atoms with Crippen LogP contribution < -0.4 is 0 Å². The Kier molecular flexibility index (Phi) is 3.97. The molecule has 1 N–H and O–H groups in total. The van der Waals surface area contributed by atoms with Crippen molar-refractivity contribution in [2.45, 2.75) is 32.8 Å². The summed E-state index contributed by atoms with van der Waals surface area (Å²) < 4.78 is 0. The lowest BCUT2D eigenvalue weighted by Crippen LogP contribution is -1.99. The van der Waals surface area contributed by atoms with E-state index in [0.29, 0.717) is 5.92 Å². The molecular formula is C12H18O. The summed E-state index contributed by atoms with van der Waals surface area (Å²) in [6, 6.07) is 9.86. The molecule has 0 fully saturated rings. The van der Waals surface area contributed by atoms with Gasteiger partial charge in [0.1, 0.15) is 0 Å². The molecule has 0 bridgehead atoms. The van der Waals surface area contributed by atoms with Crippen molar-refractivity contribution in [2.75, 3.05) is 0 Å². The van der Waals surface area contributed by atoms with Crippen LogP contribution in [0.3, 0.4) is 0 Å². The molecule has 0 aromatic heterocycles. The summed E-state index contributed by atoms with van der Waals surface area (Å²) in [5, 5.41) is 9.77. The van der Waals surface area contributed by atoms with Crippen molar-refractivity contribution in [3.63, 3.8) is 0 Å². The van der Waals surface area contributed by atoms with Crippen LogP contribution in [0, 0.1) is 5.92 Å². The molecule has 1 rings (SSSR count). The molecule has 1 atom stereocenters. The fraction of sp³-hybridized carbons (Fsp3) is 0.500. The van der Waals surface area contributed by atoms with Crippen LogP contribution in [0.15, 0.2) is 30.3 Å². The Labute approximate surface area is 80.4 Å². The molecule has 0 aliphatic carbocycles. The molecule has 0 heterocycles. The topological polar surface area (TPSA) is 20.2 Å². The molecule has 1 unspecified atom stereocenters. The molecule has 1 aromatic rings. The first-order valence-corrected chi connectivity index (χ1v) is 4.93. The molecule has 0 amide bonds. The molecule has 0 spiro atoms. The zero-order chi connectivity index (χ0) is 9.68. The number of aliphatic hydroxyl groups excluding tert-OH is 1. The predicted molar refractivity (Wildman–Crippen MR) is 55.5 cm³/mol. The lowest BCUT2D eigenvalue weighted by Gasteiger charge is -2.11. The van der Waals surface area contributed by atoms with Gasteiger partial charge in [-0.05, 0) is 24.3 Å². The molecule has 13 heavy (non-hydrogen) atoms. The number of aliphatic hydroxyl groups is 1. The summed E-state index contributed by atoms with van der Waals surface area (Å²) in [6.07, 6.45) is 1.65. The Hall–Kier alpha value is -0.820. The van der Waals surface area contributed by atoms with Gasteiger partial charge in [0.05, 0.1) is 6.10 Å². The van der Waals surface area contributed by atoms with Gasteiger partial charge in [-0.2, -0.15) is 0 Å². The minimum Gasteiger partial charge on any atom is -0.388 e. The molecule has 0 aliphatic heterocycles. The Morgan fingerprint density at radius 2 is 1.69 bits per heavy atom. The Morgan fingerprint density at radius 1 is 1.08 bits per heavy atom. The van der Waals surface area contributed by atoms with E-state index in [2.05, 4.69) is 13.8 Å². The SMILES string of the molecule is CC(C)CCC(O)c1ccccc1. The zero-order valence-corrected chi connectivity index (χ0v) is 8.40. The first kappa shape index (κ1) is 10.3. The summed E-state index contributed by atoms with van der Waals surface area (Å²) in [5.74, 6) is 0.665. The van der Waals surface area contributed by atoms with E-state index in [4.69, 9.17) is 0 Å². The molecular weight excluding hydrogens is 160 g/mol. The van der Waals surface area contributed by atoms with Crippen LogP contribution in [0.1, 0.15) is 38.4 Å². The third-order valence-corrected chi connectivity index (χ3v) is 2.20. The minimum atomic E-state index is -0.288. The van der Waals surface area contributed by atoms with Gasteiger partial charge in [0.15, 0.2) is 0 Å². The predicted octanol–water partition coefficient (Wildman–Crippen LogP) is 3.16. The van der Waals surface area contributed by atoms with Crippen molar-refractivity contribution >= 4 is 0 Å². The van der Waals surface area contributed by atoms with Crippen LogP contribution in [0.25, 0.3) is 0 Å². The summed E-state index contributed by atoms with van der Waals surface area (Å²) in [7, 11) is 0. The van der Waals surface area contributed by atoms with Crippen LogP contribution >= 0.6 is 0 Å². The van der Waals surface area contributed by atoms with Crippen molar-refractivity contribution < 1.29 is 5.11 Å². The van der Waals surface area contributed by atoms with Crippen LogP contribution in [0.2, 0.25) is 0 Å². The molecule has 1 aromatic carbocycles. The zero-order valence-electron chi connectivity index (χ0n) is 8.40. The average Bonchev–Trinajstić information content (AvgIpc) is 2.15. The number of rotatable bonds is 4. The Morgan fingerprint density at radius 3 is 2.23 bits per heavy atom. The summed E-state index contributed by atoms with van der Waals surface area (Å²) in [4.78, 5) is 0. The fourth-order valence-corrected chi connectivity index (χ4v) is 1.33. The summed E-state index contributed by atoms with van der Waals surface area (Å²) in [5.41, 5.74) is 1.03. The second kappa shape index (κ2) is 5.03. The highest BCUT2D eigenvalue weighted by Gasteiger charge is 2.06.